The van der Waals surface area contributed by atoms with Crippen molar-refractivity contribution in [2.45, 2.75) is 26.2 Å². The number of nitrogens with one attached hydrogen (secondary N) is 2. The Hall–Kier alpha value is -2.89. The van der Waals surface area contributed by atoms with E-state index in [2.05, 4.69) is 42.7 Å². The molecule has 146 valence electrons. The van der Waals surface area contributed by atoms with Gasteiger partial charge in [-0.05, 0) is 17.6 Å². The third kappa shape index (κ3) is 4.16. The van der Waals surface area contributed by atoms with E-state index in [1.54, 1.807) is 11.3 Å². The van der Waals surface area contributed by atoms with Crippen molar-refractivity contribution in [1.29, 1.82) is 5.26 Å². The second-order valence-corrected chi connectivity index (χ2v) is 7.58. The Morgan fingerprint density at radius 2 is 2.39 bits per heavy atom. The summed E-state index contributed by atoms with van der Waals surface area (Å²) in [6.07, 6.45) is 1.15. The van der Waals surface area contributed by atoms with Crippen LogP contribution in [0, 0.1) is 11.3 Å². The molecule has 0 radical (unpaired) electrons. The Morgan fingerprint density at radius 1 is 1.57 bits per heavy atom. The molecule has 0 fully saturated rings. The van der Waals surface area contributed by atoms with Crippen LogP contribution in [0.2, 0.25) is 0 Å². The van der Waals surface area contributed by atoms with Crippen molar-refractivity contribution >= 4 is 23.4 Å². The van der Waals surface area contributed by atoms with Crippen molar-refractivity contribution in [3.05, 3.63) is 40.4 Å². The first-order chi connectivity index (χ1) is 13.5. The second-order valence-electron chi connectivity index (χ2n) is 6.72. The Kier molecular flexibility index (Phi) is 6.29. The minimum atomic E-state index is 0.179. The van der Waals surface area contributed by atoms with Crippen molar-refractivity contribution in [2.75, 3.05) is 25.1 Å². The molecule has 2 N–H and O–H groups in total. The lowest BCUT2D eigenvalue weighted by Gasteiger charge is -2.15. The van der Waals surface area contributed by atoms with Gasteiger partial charge in [-0.3, -0.25) is 9.63 Å². The van der Waals surface area contributed by atoms with Gasteiger partial charge in [0, 0.05) is 23.9 Å². The van der Waals surface area contributed by atoms with Crippen LogP contribution in [0.4, 0.5) is 5.69 Å². The van der Waals surface area contributed by atoms with Gasteiger partial charge in [0.1, 0.15) is 16.8 Å². The lowest BCUT2D eigenvalue weighted by molar-refractivity contribution is -0.119. The van der Waals surface area contributed by atoms with Crippen LogP contribution in [-0.2, 0) is 16.1 Å². The number of ether oxygens (including phenoxy) is 1. The molecule has 1 aromatic carbocycles. The molecule has 0 bridgehead atoms. The Bertz CT molecular complexity index is 930. The molecule has 1 aliphatic heterocycles. The van der Waals surface area contributed by atoms with Gasteiger partial charge >= 0.3 is 0 Å². The van der Waals surface area contributed by atoms with Crippen molar-refractivity contribution in [3.8, 4) is 22.4 Å². The predicted molar refractivity (Wildman–Crippen MR) is 108 cm³/mol. The highest BCUT2D eigenvalue weighted by atomic mass is 32.1. The Balaban J connectivity index is 1.90. The first-order valence-electron chi connectivity index (χ1n) is 8.95. The van der Waals surface area contributed by atoms with Crippen LogP contribution in [0.5, 0.6) is 5.75 Å². The quantitative estimate of drug-likeness (QED) is 0.291. The zero-order valence-electron chi connectivity index (χ0n) is 15.9. The molecule has 2 aromatic rings. The topological polar surface area (TPSA) is 96.3 Å². The smallest absolute Gasteiger partial charge is 0.230 e. The summed E-state index contributed by atoms with van der Waals surface area (Å²) in [5.41, 5.74) is 7.01. The fraction of sp³-hybridized carbons (Fsp3) is 0.350. The fourth-order valence-electron chi connectivity index (χ4n) is 2.93. The van der Waals surface area contributed by atoms with Gasteiger partial charge in [0.15, 0.2) is 0 Å². The van der Waals surface area contributed by atoms with Gasteiger partial charge in [0.25, 0.3) is 0 Å². The third-order valence-corrected chi connectivity index (χ3v) is 5.26. The van der Waals surface area contributed by atoms with Gasteiger partial charge in [-0.2, -0.15) is 5.26 Å². The van der Waals surface area contributed by atoms with Crippen molar-refractivity contribution in [2.24, 2.45) is 0 Å². The van der Waals surface area contributed by atoms with Crippen LogP contribution < -0.4 is 15.5 Å². The minimum Gasteiger partial charge on any atom is -0.492 e. The highest BCUT2D eigenvalue weighted by Gasteiger charge is 2.26. The third-order valence-electron chi connectivity index (χ3n) is 4.37. The summed E-state index contributed by atoms with van der Waals surface area (Å²) in [5, 5.41) is 15.9. The number of thiazole rings is 1. The number of hydrogen-bond acceptors (Lipinski definition) is 7. The zero-order valence-corrected chi connectivity index (χ0v) is 16.7. The van der Waals surface area contributed by atoms with Gasteiger partial charge in [0.05, 0.1) is 35.7 Å². The fourth-order valence-corrected chi connectivity index (χ4v) is 3.92. The molecule has 0 spiro atoms. The summed E-state index contributed by atoms with van der Waals surface area (Å²) in [6, 6.07) is 4.22. The number of fused-ring (bicyclic) bond motifs is 1. The lowest BCUT2D eigenvalue weighted by Crippen LogP contribution is -2.17. The van der Waals surface area contributed by atoms with E-state index in [1.165, 1.54) is 0 Å². The first kappa shape index (κ1) is 19.9. The molecule has 2 heterocycles. The molecular formula is C20H22N4O3S. The van der Waals surface area contributed by atoms with E-state index in [1.807, 2.05) is 6.07 Å². The lowest BCUT2D eigenvalue weighted by atomic mass is 9.99. The average molecular weight is 398 g/mol. The standard InChI is InChI=1S/C20H22N4O3S/c1-12(2)18-10-28-20(24-18)15-6-17(22-8-13(3)9-27-23-11-25)16(7-21)14-4-5-26-19(14)15/h6,10-12,22H,3-5,8-9H2,1-2H3,(H,23,25). The SMILES string of the molecule is C=C(CNc1cc(-c2nc(C(C)C)cs2)c2c(c1C#N)CCO2)CONC=O. The summed E-state index contributed by atoms with van der Waals surface area (Å²) in [4.78, 5) is 19.9. The molecule has 1 aliphatic rings. The normalized spacial score (nSPS) is 12.2. The highest BCUT2D eigenvalue weighted by molar-refractivity contribution is 7.13. The van der Waals surface area contributed by atoms with Crippen LogP contribution in [0.25, 0.3) is 10.6 Å². The van der Waals surface area contributed by atoms with Gasteiger partial charge in [-0.25, -0.2) is 10.5 Å². The van der Waals surface area contributed by atoms with Gasteiger partial charge < -0.3 is 10.1 Å². The maximum absolute atomic E-state index is 10.2. The molecule has 3 rings (SSSR count). The van der Waals surface area contributed by atoms with Crippen LogP contribution in [0.15, 0.2) is 23.6 Å². The highest BCUT2D eigenvalue weighted by Crippen LogP contribution is 2.43. The summed E-state index contributed by atoms with van der Waals surface area (Å²) < 4.78 is 5.85. The second kappa shape index (κ2) is 8.87. The number of carbonyl (C=O) groups is 1. The summed E-state index contributed by atoms with van der Waals surface area (Å²) in [6.45, 7) is 9.27. The molecule has 0 atom stereocenters. The van der Waals surface area contributed by atoms with Crippen LogP contribution in [0.1, 0.15) is 36.6 Å². The summed E-state index contributed by atoms with van der Waals surface area (Å²) in [7, 11) is 0. The number of hydrogen-bond donors (Lipinski definition) is 2. The van der Waals surface area contributed by atoms with Crippen molar-refractivity contribution in [3.63, 3.8) is 0 Å². The van der Waals surface area contributed by atoms with E-state index in [-0.39, 0.29) is 6.61 Å². The summed E-state index contributed by atoms with van der Waals surface area (Å²) in [5.74, 6) is 1.10. The number of rotatable bonds is 9. The number of amides is 1. The summed E-state index contributed by atoms with van der Waals surface area (Å²) >= 11 is 1.58. The first-order valence-corrected chi connectivity index (χ1v) is 9.83. The molecule has 0 unspecified atom stereocenters. The molecule has 7 nitrogen and oxygen atoms in total. The number of anilines is 1. The Morgan fingerprint density at radius 3 is 3.07 bits per heavy atom. The monoisotopic (exact) mass is 398 g/mol. The molecule has 1 aromatic heterocycles. The maximum atomic E-state index is 10.2. The molecule has 0 aliphatic carbocycles. The number of nitriles is 1. The molecule has 0 saturated carbocycles. The molecular weight excluding hydrogens is 376 g/mol. The van der Waals surface area contributed by atoms with Gasteiger partial charge in [-0.15, -0.1) is 11.3 Å². The number of nitrogens with zero attached hydrogens (tertiary/aromatic N) is 2. The number of carbonyl (C=O) groups excluding carboxylic acids is 1. The van der Waals surface area contributed by atoms with Crippen molar-refractivity contribution in [1.82, 2.24) is 10.5 Å². The van der Waals surface area contributed by atoms with E-state index in [0.29, 0.717) is 43.2 Å². The van der Waals surface area contributed by atoms with Gasteiger partial charge in [-0.1, -0.05) is 20.4 Å². The number of aromatic nitrogens is 1. The van der Waals surface area contributed by atoms with Crippen LogP contribution in [0.3, 0.4) is 0 Å². The average Bonchev–Trinajstić information content (AvgIpc) is 3.35. The number of hydroxylamine groups is 1. The molecule has 8 heteroatoms. The van der Waals surface area contributed by atoms with E-state index in [9.17, 15) is 10.1 Å². The minimum absolute atomic E-state index is 0.179. The number of benzene rings is 1. The van der Waals surface area contributed by atoms with Crippen LogP contribution >= 0.6 is 11.3 Å². The predicted octanol–water partition coefficient (Wildman–Crippen LogP) is 3.39. The zero-order chi connectivity index (χ0) is 20.1. The van der Waals surface area contributed by atoms with Crippen LogP contribution in [-0.4, -0.2) is 31.2 Å². The Labute approximate surface area is 168 Å². The molecule has 28 heavy (non-hydrogen) atoms. The van der Waals surface area contributed by atoms with E-state index in [4.69, 9.17) is 14.6 Å². The van der Waals surface area contributed by atoms with E-state index < -0.39 is 0 Å². The van der Waals surface area contributed by atoms with Gasteiger partial charge in [0.2, 0.25) is 6.41 Å². The molecule has 1 amide bonds. The largest absolute Gasteiger partial charge is 0.492 e. The maximum Gasteiger partial charge on any atom is 0.230 e. The molecule has 0 saturated heterocycles. The van der Waals surface area contributed by atoms with E-state index in [0.717, 1.165) is 33.2 Å². The van der Waals surface area contributed by atoms with Crippen molar-refractivity contribution < 1.29 is 14.4 Å². The van der Waals surface area contributed by atoms with E-state index >= 15 is 0 Å².